The summed E-state index contributed by atoms with van der Waals surface area (Å²) in [5, 5.41) is 3.69. The van der Waals surface area contributed by atoms with Crippen molar-refractivity contribution in [2.24, 2.45) is 5.92 Å². The Morgan fingerprint density at radius 2 is 2.06 bits per heavy atom. The third kappa shape index (κ3) is 4.02. The standard InChI is InChI=1S/C16H25NO/c1-2-14-8-6-11-16(14)17-12-7-13-18-15-9-4-3-5-10-15/h3-5,9-10,14,16-17H,2,6-8,11-13H2,1H3. The third-order valence-electron chi connectivity index (χ3n) is 3.92. The Kier molecular flexibility index (Phi) is 5.53. The lowest BCUT2D eigenvalue weighted by molar-refractivity contribution is 0.298. The fourth-order valence-electron chi connectivity index (χ4n) is 2.86. The normalized spacial score (nSPS) is 23.2. The van der Waals surface area contributed by atoms with Crippen LogP contribution in [-0.2, 0) is 0 Å². The molecule has 18 heavy (non-hydrogen) atoms. The van der Waals surface area contributed by atoms with Crippen molar-refractivity contribution >= 4 is 0 Å². The number of rotatable bonds is 7. The smallest absolute Gasteiger partial charge is 0.119 e. The third-order valence-corrected chi connectivity index (χ3v) is 3.92. The van der Waals surface area contributed by atoms with Crippen LogP contribution < -0.4 is 10.1 Å². The van der Waals surface area contributed by atoms with Gasteiger partial charge in [-0.15, -0.1) is 0 Å². The monoisotopic (exact) mass is 247 g/mol. The van der Waals surface area contributed by atoms with Gasteiger partial charge in [0.15, 0.2) is 0 Å². The molecule has 2 atom stereocenters. The highest BCUT2D eigenvalue weighted by Crippen LogP contribution is 2.27. The average Bonchev–Trinajstić information content (AvgIpc) is 2.87. The van der Waals surface area contributed by atoms with Gasteiger partial charge in [0.1, 0.15) is 5.75 Å². The minimum absolute atomic E-state index is 0.756. The number of para-hydroxylation sites is 1. The van der Waals surface area contributed by atoms with Crippen LogP contribution >= 0.6 is 0 Å². The second kappa shape index (κ2) is 7.42. The van der Waals surface area contributed by atoms with E-state index in [9.17, 15) is 0 Å². The maximum atomic E-state index is 5.68. The van der Waals surface area contributed by atoms with Crippen molar-refractivity contribution < 1.29 is 4.74 Å². The topological polar surface area (TPSA) is 21.3 Å². The van der Waals surface area contributed by atoms with E-state index in [1.807, 2.05) is 30.3 Å². The number of benzene rings is 1. The molecule has 0 aliphatic heterocycles. The fourth-order valence-corrected chi connectivity index (χ4v) is 2.86. The van der Waals surface area contributed by atoms with Gasteiger partial charge in [0, 0.05) is 6.04 Å². The van der Waals surface area contributed by atoms with Gasteiger partial charge in [-0.2, -0.15) is 0 Å². The molecule has 0 saturated heterocycles. The summed E-state index contributed by atoms with van der Waals surface area (Å²) in [7, 11) is 0. The minimum Gasteiger partial charge on any atom is -0.494 e. The SMILES string of the molecule is CCC1CCCC1NCCCOc1ccccc1. The van der Waals surface area contributed by atoms with Gasteiger partial charge in [-0.3, -0.25) is 0 Å². The molecular weight excluding hydrogens is 222 g/mol. The van der Waals surface area contributed by atoms with E-state index < -0.39 is 0 Å². The molecule has 0 amide bonds. The molecule has 2 nitrogen and oxygen atoms in total. The summed E-state index contributed by atoms with van der Waals surface area (Å²) in [5.74, 6) is 1.88. The first-order valence-corrected chi connectivity index (χ1v) is 7.31. The lowest BCUT2D eigenvalue weighted by Crippen LogP contribution is -2.33. The predicted octanol–water partition coefficient (Wildman–Crippen LogP) is 3.62. The first kappa shape index (κ1) is 13.4. The molecule has 0 radical (unpaired) electrons. The van der Waals surface area contributed by atoms with Crippen molar-refractivity contribution in [3.05, 3.63) is 30.3 Å². The Labute approximate surface area is 111 Å². The van der Waals surface area contributed by atoms with Crippen molar-refractivity contribution in [3.8, 4) is 5.75 Å². The minimum atomic E-state index is 0.756. The van der Waals surface area contributed by atoms with E-state index in [0.717, 1.165) is 37.3 Å². The van der Waals surface area contributed by atoms with Gasteiger partial charge in [0.25, 0.3) is 0 Å². The van der Waals surface area contributed by atoms with E-state index in [0.29, 0.717) is 0 Å². The quantitative estimate of drug-likeness (QED) is 0.743. The van der Waals surface area contributed by atoms with E-state index >= 15 is 0 Å². The highest BCUT2D eigenvalue weighted by atomic mass is 16.5. The van der Waals surface area contributed by atoms with Crippen molar-refractivity contribution in [2.45, 2.75) is 45.1 Å². The van der Waals surface area contributed by atoms with Crippen LogP contribution in [0.25, 0.3) is 0 Å². The molecular formula is C16H25NO. The van der Waals surface area contributed by atoms with Crippen molar-refractivity contribution in [1.29, 1.82) is 0 Å². The maximum Gasteiger partial charge on any atom is 0.119 e. The first-order chi connectivity index (χ1) is 8.90. The van der Waals surface area contributed by atoms with Crippen LogP contribution in [0.4, 0.5) is 0 Å². The van der Waals surface area contributed by atoms with E-state index in [1.54, 1.807) is 0 Å². The summed E-state index contributed by atoms with van der Waals surface area (Å²) in [4.78, 5) is 0. The molecule has 1 aliphatic carbocycles. The lowest BCUT2D eigenvalue weighted by Gasteiger charge is -2.19. The van der Waals surface area contributed by atoms with Gasteiger partial charge in [0.05, 0.1) is 6.61 Å². The van der Waals surface area contributed by atoms with E-state index in [2.05, 4.69) is 12.2 Å². The Morgan fingerprint density at radius 1 is 1.22 bits per heavy atom. The molecule has 100 valence electrons. The maximum absolute atomic E-state index is 5.68. The molecule has 2 rings (SSSR count). The average molecular weight is 247 g/mol. The molecule has 0 bridgehead atoms. The second-order valence-electron chi connectivity index (χ2n) is 5.17. The number of hydrogen-bond donors (Lipinski definition) is 1. The summed E-state index contributed by atoms with van der Waals surface area (Å²) >= 11 is 0. The summed E-state index contributed by atoms with van der Waals surface area (Å²) < 4.78 is 5.68. The molecule has 1 aromatic carbocycles. The Balaban J connectivity index is 1.56. The van der Waals surface area contributed by atoms with Crippen LogP contribution in [-0.4, -0.2) is 19.2 Å². The van der Waals surface area contributed by atoms with E-state index in [1.165, 1.54) is 25.7 Å². The van der Waals surface area contributed by atoms with Crippen LogP contribution in [0, 0.1) is 5.92 Å². The molecule has 0 heterocycles. The van der Waals surface area contributed by atoms with Gasteiger partial charge < -0.3 is 10.1 Å². The van der Waals surface area contributed by atoms with Crippen LogP contribution in [0.2, 0.25) is 0 Å². The predicted molar refractivity (Wildman–Crippen MR) is 76.0 cm³/mol. The van der Waals surface area contributed by atoms with Crippen molar-refractivity contribution in [3.63, 3.8) is 0 Å². The van der Waals surface area contributed by atoms with Gasteiger partial charge >= 0.3 is 0 Å². The fraction of sp³-hybridized carbons (Fsp3) is 0.625. The Bertz CT molecular complexity index is 325. The molecule has 1 aliphatic rings. The van der Waals surface area contributed by atoms with Crippen LogP contribution in [0.15, 0.2) is 30.3 Å². The molecule has 2 unspecified atom stereocenters. The number of hydrogen-bond acceptors (Lipinski definition) is 2. The Morgan fingerprint density at radius 3 is 2.83 bits per heavy atom. The molecule has 1 saturated carbocycles. The molecule has 1 N–H and O–H groups in total. The largest absolute Gasteiger partial charge is 0.494 e. The summed E-state index contributed by atoms with van der Waals surface area (Å²) in [6, 6.07) is 10.8. The first-order valence-electron chi connectivity index (χ1n) is 7.31. The highest BCUT2D eigenvalue weighted by molar-refractivity contribution is 5.20. The van der Waals surface area contributed by atoms with Gasteiger partial charge in [-0.1, -0.05) is 38.0 Å². The summed E-state index contributed by atoms with van der Waals surface area (Å²) in [5.41, 5.74) is 0. The van der Waals surface area contributed by atoms with Crippen LogP contribution in [0.1, 0.15) is 39.0 Å². The van der Waals surface area contributed by atoms with Gasteiger partial charge in [-0.25, -0.2) is 0 Å². The van der Waals surface area contributed by atoms with Crippen LogP contribution in [0.3, 0.4) is 0 Å². The van der Waals surface area contributed by atoms with Gasteiger partial charge in [0.2, 0.25) is 0 Å². The molecule has 0 aromatic heterocycles. The van der Waals surface area contributed by atoms with E-state index in [-0.39, 0.29) is 0 Å². The molecule has 1 fully saturated rings. The zero-order chi connectivity index (χ0) is 12.6. The Hall–Kier alpha value is -1.02. The van der Waals surface area contributed by atoms with Crippen LogP contribution in [0.5, 0.6) is 5.75 Å². The zero-order valence-corrected chi connectivity index (χ0v) is 11.4. The number of ether oxygens (including phenoxy) is 1. The van der Waals surface area contributed by atoms with Gasteiger partial charge in [-0.05, 0) is 43.9 Å². The van der Waals surface area contributed by atoms with E-state index in [4.69, 9.17) is 4.74 Å². The zero-order valence-electron chi connectivity index (χ0n) is 11.4. The number of nitrogens with one attached hydrogen (secondary N) is 1. The molecule has 2 heteroatoms. The summed E-state index contributed by atoms with van der Waals surface area (Å²) in [6.07, 6.45) is 6.57. The molecule has 1 aromatic rings. The second-order valence-corrected chi connectivity index (χ2v) is 5.17. The molecule has 0 spiro atoms. The van der Waals surface area contributed by atoms with Crippen molar-refractivity contribution in [2.75, 3.05) is 13.2 Å². The highest BCUT2D eigenvalue weighted by Gasteiger charge is 2.24. The lowest BCUT2D eigenvalue weighted by atomic mass is 10.0. The summed E-state index contributed by atoms with van der Waals surface area (Å²) in [6.45, 7) is 4.19. The van der Waals surface area contributed by atoms with Crippen molar-refractivity contribution in [1.82, 2.24) is 5.32 Å².